The average molecular weight is 219 g/mol. The maximum Gasteiger partial charge on any atom is 0.146 e. The highest BCUT2D eigenvalue weighted by atomic mass is 79.9. The second kappa shape index (κ2) is 2.89. The fraction of sp³-hybridized carbons (Fsp3) is 0.889. The first-order valence-electron chi connectivity index (χ1n) is 4.10. The van der Waals surface area contributed by atoms with Gasteiger partial charge in [-0.05, 0) is 17.8 Å². The van der Waals surface area contributed by atoms with E-state index in [4.69, 9.17) is 0 Å². The molecule has 0 aromatic heterocycles. The third-order valence-corrected chi connectivity index (χ3v) is 3.73. The Morgan fingerprint density at radius 3 is 2.55 bits per heavy atom. The summed E-state index contributed by atoms with van der Waals surface area (Å²) < 4.78 is 0. The molecule has 1 aliphatic carbocycles. The summed E-state index contributed by atoms with van der Waals surface area (Å²) in [4.78, 5) is 11.4. The lowest BCUT2D eigenvalue weighted by Crippen LogP contribution is -2.36. The van der Waals surface area contributed by atoms with Gasteiger partial charge in [-0.25, -0.2) is 0 Å². The van der Waals surface area contributed by atoms with Crippen molar-refractivity contribution in [3.8, 4) is 0 Å². The molecular formula is C9H15BrO. The molecule has 2 atom stereocenters. The monoisotopic (exact) mass is 218 g/mol. The van der Waals surface area contributed by atoms with Crippen LogP contribution in [0.2, 0.25) is 0 Å². The molecule has 0 amide bonds. The number of halogens is 1. The zero-order chi connectivity index (χ0) is 8.65. The van der Waals surface area contributed by atoms with Crippen molar-refractivity contribution in [1.29, 1.82) is 0 Å². The summed E-state index contributed by atoms with van der Waals surface area (Å²) in [5.41, 5.74) is 0.322. The van der Waals surface area contributed by atoms with Gasteiger partial charge >= 0.3 is 0 Å². The fourth-order valence-electron chi connectivity index (χ4n) is 1.48. The van der Waals surface area contributed by atoms with Crippen LogP contribution < -0.4 is 0 Å². The van der Waals surface area contributed by atoms with Crippen molar-refractivity contribution in [3.63, 3.8) is 0 Å². The van der Waals surface area contributed by atoms with Crippen LogP contribution in [0, 0.1) is 11.3 Å². The van der Waals surface area contributed by atoms with Crippen LogP contribution in [0.4, 0.5) is 0 Å². The van der Waals surface area contributed by atoms with Crippen LogP contribution in [-0.2, 0) is 4.79 Å². The summed E-state index contributed by atoms with van der Waals surface area (Å²) in [7, 11) is 0. The maximum absolute atomic E-state index is 11.2. The summed E-state index contributed by atoms with van der Waals surface area (Å²) in [5, 5.41) is 0. The van der Waals surface area contributed by atoms with Gasteiger partial charge < -0.3 is 0 Å². The topological polar surface area (TPSA) is 17.1 Å². The highest BCUT2D eigenvalue weighted by Gasteiger charge is 2.37. The molecular weight excluding hydrogens is 204 g/mol. The van der Waals surface area contributed by atoms with Crippen molar-refractivity contribution < 1.29 is 4.79 Å². The minimum Gasteiger partial charge on any atom is -0.298 e. The van der Waals surface area contributed by atoms with Crippen molar-refractivity contribution in [1.82, 2.24) is 0 Å². The van der Waals surface area contributed by atoms with E-state index in [1.54, 1.807) is 0 Å². The van der Waals surface area contributed by atoms with Gasteiger partial charge in [-0.15, -0.1) is 0 Å². The van der Waals surface area contributed by atoms with E-state index in [0.717, 1.165) is 12.8 Å². The molecule has 1 nitrogen and oxygen atoms in total. The normalized spacial score (nSPS) is 37.3. The lowest BCUT2D eigenvalue weighted by Gasteiger charge is -2.37. The molecule has 0 spiro atoms. The molecule has 1 aliphatic rings. The van der Waals surface area contributed by atoms with Gasteiger partial charge in [0, 0.05) is 6.42 Å². The number of alkyl halides is 1. The minimum absolute atomic E-state index is 0.105. The van der Waals surface area contributed by atoms with E-state index in [1.165, 1.54) is 0 Å². The number of Topliss-reactive ketones (excluding diaryl/α,β-unsaturated/α-hetero) is 1. The van der Waals surface area contributed by atoms with Crippen LogP contribution >= 0.6 is 15.9 Å². The van der Waals surface area contributed by atoms with Crippen molar-refractivity contribution in [2.24, 2.45) is 11.3 Å². The van der Waals surface area contributed by atoms with Crippen molar-refractivity contribution in [2.45, 2.75) is 38.4 Å². The van der Waals surface area contributed by atoms with Crippen LogP contribution in [-0.4, -0.2) is 10.6 Å². The van der Waals surface area contributed by atoms with Crippen LogP contribution in [0.5, 0.6) is 0 Å². The second-order valence-corrected chi connectivity index (χ2v) is 5.34. The first-order chi connectivity index (χ1) is 4.93. The van der Waals surface area contributed by atoms with Crippen LogP contribution in [0.25, 0.3) is 0 Å². The van der Waals surface area contributed by atoms with Gasteiger partial charge in [0.25, 0.3) is 0 Å². The summed E-state index contributed by atoms with van der Waals surface area (Å²) in [6.45, 7) is 6.63. The Hall–Kier alpha value is 0.150. The minimum atomic E-state index is 0.105. The molecule has 1 fully saturated rings. The van der Waals surface area contributed by atoms with E-state index in [9.17, 15) is 4.79 Å². The van der Waals surface area contributed by atoms with E-state index < -0.39 is 0 Å². The second-order valence-electron chi connectivity index (χ2n) is 4.23. The zero-order valence-electron chi connectivity index (χ0n) is 7.36. The van der Waals surface area contributed by atoms with Gasteiger partial charge in [-0.2, -0.15) is 0 Å². The molecule has 0 heterocycles. The third kappa shape index (κ3) is 1.84. The number of carbonyl (C=O) groups is 1. The molecule has 0 aromatic rings. The van der Waals surface area contributed by atoms with Crippen molar-refractivity contribution >= 4 is 21.7 Å². The molecule has 0 aromatic carbocycles. The zero-order valence-corrected chi connectivity index (χ0v) is 8.94. The number of hydrogen-bond acceptors (Lipinski definition) is 1. The molecule has 0 unspecified atom stereocenters. The summed E-state index contributed by atoms with van der Waals surface area (Å²) in [6, 6.07) is 0. The van der Waals surface area contributed by atoms with Crippen LogP contribution in [0.3, 0.4) is 0 Å². The summed E-state index contributed by atoms with van der Waals surface area (Å²) in [5.74, 6) is 0.903. The Balaban J connectivity index is 2.70. The molecule has 0 radical (unpaired) electrons. The highest BCUT2D eigenvalue weighted by Crippen LogP contribution is 2.40. The SMILES string of the molecule is C[C@H]1CC(=O)[C@@H](Br)CC1(C)C. The van der Waals surface area contributed by atoms with E-state index in [-0.39, 0.29) is 4.83 Å². The highest BCUT2D eigenvalue weighted by molar-refractivity contribution is 9.10. The standard InChI is InChI=1S/C9H15BrO/c1-6-4-8(11)7(10)5-9(6,2)3/h6-7H,4-5H2,1-3H3/t6-,7-/m0/s1. The van der Waals surface area contributed by atoms with Gasteiger partial charge in [-0.3, -0.25) is 4.79 Å². The molecule has 64 valence electrons. The van der Waals surface area contributed by atoms with Crippen molar-refractivity contribution in [3.05, 3.63) is 0 Å². The molecule has 0 N–H and O–H groups in total. The van der Waals surface area contributed by atoms with E-state index >= 15 is 0 Å². The van der Waals surface area contributed by atoms with Crippen LogP contribution in [0.15, 0.2) is 0 Å². The Kier molecular flexibility index (Phi) is 2.43. The predicted octanol–water partition coefficient (Wildman–Crippen LogP) is 2.78. The molecule has 11 heavy (non-hydrogen) atoms. The molecule has 0 aliphatic heterocycles. The molecule has 1 saturated carbocycles. The van der Waals surface area contributed by atoms with Crippen LogP contribution in [0.1, 0.15) is 33.6 Å². The number of ketones is 1. The van der Waals surface area contributed by atoms with Gasteiger partial charge in [0.1, 0.15) is 5.78 Å². The van der Waals surface area contributed by atoms with Crippen molar-refractivity contribution in [2.75, 3.05) is 0 Å². The summed E-state index contributed by atoms with van der Waals surface area (Å²) in [6.07, 6.45) is 1.72. The van der Waals surface area contributed by atoms with Gasteiger partial charge in [-0.1, -0.05) is 36.7 Å². The third-order valence-electron chi connectivity index (χ3n) is 2.90. The smallest absolute Gasteiger partial charge is 0.146 e. The Labute approximate surface area is 76.7 Å². The lowest BCUT2D eigenvalue weighted by atomic mass is 9.69. The van der Waals surface area contributed by atoms with Gasteiger partial charge in [0.15, 0.2) is 0 Å². The largest absolute Gasteiger partial charge is 0.298 e. The molecule has 0 bridgehead atoms. The summed E-state index contributed by atoms with van der Waals surface area (Å²) >= 11 is 3.41. The number of carbonyl (C=O) groups excluding carboxylic acids is 1. The van der Waals surface area contributed by atoms with E-state index in [2.05, 4.69) is 36.7 Å². The maximum atomic E-state index is 11.2. The number of rotatable bonds is 0. The quantitative estimate of drug-likeness (QED) is 0.572. The average Bonchev–Trinajstić information content (AvgIpc) is 1.83. The van der Waals surface area contributed by atoms with Gasteiger partial charge in [0.05, 0.1) is 4.83 Å². The lowest BCUT2D eigenvalue weighted by molar-refractivity contribution is -0.123. The molecule has 0 saturated heterocycles. The molecule has 1 rings (SSSR count). The Morgan fingerprint density at radius 2 is 2.09 bits per heavy atom. The van der Waals surface area contributed by atoms with E-state index in [0.29, 0.717) is 17.1 Å². The first kappa shape index (κ1) is 9.24. The Bertz CT molecular complexity index is 174. The van der Waals surface area contributed by atoms with E-state index in [1.807, 2.05) is 0 Å². The molecule has 2 heteroatoms. The number of hydrogen-bond donors (Lipinski definition) is 0. The fourth-order valence-corrected chi connectivity index (χ4v) is 2.50. The Morgan fingerprint density at radius 1 is 1.55 bits per heavy atom. The first-order valence-corrected chi connectivity index (χ1v) is 5.02. The van der Waals surface area contributed by atoms with Gasteiger partial charge in [0.2, 0.25) is 0 Å². The predicted molar refractivity (Wildman–Crippen MR) is 49.9 cm³/mol.